The Morgan fingerprint density at radius 2 is 1.43 bits per heavy atom. The van der Waals surface area contributed by atoms with Crippen molar-refractivity contribution in [3.05, 3.63) is 126 Å². The number of hydrogen-bond acceptors (Lipinski definition) is 5. The smallest absolute Gasteiger partial charge is 0.261 e. The Kier molecular flexibility index (Phi) is 7.22. The lowest BCUT2D eigenvalue weighted by molar-refractivity contribution is -0.116. The summed E-state index contributed by atoms with van der Waals surface area (Å²) in [5, 5.41) is 13.4. The monoisotopic (exact) mass is 554 g/mol. The minimum atomic E-state index is -0.352. The topological polar surface area (TPSA) is 108 Å². The van der Waals surface area contributed by atoms with Gasteiger partial charge in [0.05, 0.1) is 29.6 Å². The first-order valence-corrected chi connectivity index (χ1v) is 13.6. The Hall–Kier alpha value is -5.68. The van der Waals surface area contributed by atoms with Crippen molar-refractivity contribution in [2.75, 3.05) is 11.9 Å². The molecule has 0 radical (unpaired) electrons. The Balaban J connectivity index is 1.33. The highest BCUT2D eigenvalue weighted by Gasteiger charge is 2.34. The predicted molar refractivity (Wildman–Crippen MR) is 158 cm³/mol. The molecule has 0 unspecified atom stereocenters. The molecule has 3 amide bonds. The van der Waals surface area contributed by atoms with E-state index in [1.165, 1.54) is 4.90 Å². The molecule has 206 valence electrons. The maximum absolute atomic E-state index is 13.3. The first-order valence-electron chi connectivity index (χ1n) is 13.6. The number of fused-ring (bicyclic) bond motifs is 1. The van der Waals surface area contributed by atoms with Gasteiger partial charge in [0, 0.05) is 18.5 Å². The van der Waals surface area contributed by atoms with Gasteiger partial charge < -0.3 is 14.3 Å². The van der Waals surface area contributed by atoms with Crippen LogP contribution in [0.4, 0.5) is 5.82 Å². The van der Waals surface area contributed by atoms with Crippen molar-refractivity contribution in [3.8, 4) is 28.5 Å². The van der Waals surface area contributed by atoms with Crippen molar-refractivity contribution in [2.45, 2.75) is 19.4 Å². The van der Waals surface area contributed by atoms with E-state index < -0.39 is 0 Å². The molecule has 0 bridgehead atoms. The number of hydrogen-bond donors (Lipinski definition) is 1. The average Bonchev–Trinajstić information content (AvgIpc) is 3.71. The van der Waals surface area contributed by atoms with E-state index in [0.717, 1.165) is 16.8 Å². The molecule has 8 nitrogen and oxygen atoms in total. The number of carbonyl (C=O) groups is 3. The molecule has 42 heavy (non-hydrogen) atoms. The van der Waals surface area contributed by atoms with Gasteiger partial charge in [-0.05, 0) is 41.8 Å². The summed E-state index contributed by atoms with van der Waals surface area (Å²) in [4.78, 5) is 40.0. The maximum atomic E-state index is 13.3. The fraction of sp³-hybridized carbons (Fsp3) is 0.118. The number of nitriles is 1. The Morgan fingerprint density at radius 1 is 0.810 bits per heavy atom. The lowest BCUT2D eigenvalue weighted by Crippen LogP contribution is -2.31. The van der Waals surface area contributed by atoms with E-state index in [1.54, 1.807) is 36.6 Å². The Labute approximate surface area is 242 Å². The number of anilines is 1. The SMILES string of the molecule is N#Cc1c(-c2ccccc2)c(-c2ccccc2)n(Cc2ccco2)c1NC(=O)CCCN1C(=O)c2ccccc2C1=O. The van der Waals surface area contributed by atoms with Crippen LogP contribution < -0.4 is 5.32 Å². The van der Waals surface area contributed by atoms with Crippen LogP contribution in [0.15, 0.2) is 108 Å². The molecule has 0 atom stereocenters. The number of imide groups is 1. The number of nitrogens with one attached hydrogen (secondary N) is 1. The molecule has 5 aromatic rings. The molecular formula is C34H26N4O4. The highest BCUT2D eigenvalue weighted by atomic mass is 16.3. The van der Waals surface area contributed by atoms with E-state index in [-0.39, 0.29) is 43.7 Å². The van der Waals surface area contributed by atoms with Gasteiger partial charge in [-0.15, -0.1) is 0 Å². The van der Waals surface area contributed by atoms with Gasteiger partial charge in [0.15, 0.2) is 0 Å². The third-order valence-corrected chi connectivity index (χ3v) is 7.30. The number of benzene rings is 3. The predicted octanol–water partition coefficient (Wildman–Crippen LogP) is 6.35. The summed E-state index contributed by atoms with van der Waals surface area (Å²) >= 11 is 0. The van der Waals surface area contributed by atoms with E-state index in [9.17, 15) is 19.6 Å². The van der Waals surface area contributed by atoms with E-state index in [2.05, 4.69) is 11.4 Å². The molecule has 8 heteroatoms. The van der Waals surface area contributed by atoms with Crippen LogP contribution in [0.25, 0.3) is 22.4 Å². The van der Waals surface area contributed by atoms with Crippen LogP contribution in [0.2, 0.25) is 0 Å². The van der Waals surface area contributed by atoms with Crippen molar-refractivity contribution in [3.63, 3.8) is 0 Å². The van der Waals surface area contributed by atoms with Crippen LogP contribution >= 0.6 is 0 Å². The summed E-state index contributed by atoms with van der Waals surface area (Å²) < 4.78 is 7.56. The van der Waals surface area contributed by atoms with Gasteiger partial charge in [0.2, 0.25) is 5.91 Å². The molecule has 2 aromatic heterocycles. The highest BCUT2D eigenvalue weighted by Crippen LogP contribution is 2.42. The molecule has 0 saturated carbocycles. The standard InChI is InChI=1S/C34H26N4O4/c35-21-28-30(23-11-3-1-4-12-23)31(24-13-5-2-6-14-24)38(22-25-15-10-20-42-25)32(28)36-29(39)18-9-19-37-33(40)26-16-7-8-17-27(26)34(37)41/h1-8,10-17,20H,9,18-19,22H2,(H,36,39). The van der Waals surface area contributed by atoms with Crippen molar-refractivity contribution < 1.29 is 18.8 Å². The summed E-state index contributed by atoms with van der Waals surface area (Å²) in [5.41, 5.74) is 4.29. The van der Waals surface area contributed by atoms with Gasteiger partial charge in [-0.1, -0.05) is 72.8 Å². The molecule has 1 N–H and O–H groups in total. The van der Waals surface area contributed by atoms with Crippen molar-refractivity contribution in [1.29, 1.82) is 5.26 Å². The fourth-order valence-electron chi connectivity index (χ4n) is 5.39. The number of rotatable bonds is 9. The van der Waals surface area contributed by atoms with E-state index >= 15 is 0 Å². The first kappa shape index (κ1) is 26.5. The van der Waals surface area contributed by atoms with Crippen LogP contribution in [-0.2, 0) is 11.3 Å². The summed E-state index contributed by atoms with van der Waals surface area (Å²) in [5.74, 6) is -0.0181. The summed E-state index contributed by atoms with van der Waals surface area (Å²) in [7, 11) is 0. The number of amides is 3. The number of furan rings is 1. The Bertz CT molecular complexity index is 1780. The zero-order valence-electron chi connectivity index (χ0n) is 22.6. The number of aromatic nitrogens is 1. The van der Waals surface area contributed by atoms with Crippen LogP contribution in [0.3, 0.4) is 0 Å². The van der Waals surface area contributed by atoms with Gasteiger partial charge in [0.1, 0.15) is 23.2 Å². The molecule has 1 aliphatic heterocycles. The molecule has 0 saturated heterocycles. The van der Waals surface area contributed by atoms with Crippen LogP contribution in [0, 0.1) is 11.3 Å². The second-order valence-electron chi connectivity index (χ2n) is 9.92. The molecule has 3 heterocycles. The van der Waals surface area contributed by atoms with Crippen LogP contribution in [-0.4, -0.2) is 33.7 Å². The molecule has 1 aliphatic rings. The summed E-state index contributed by atoms with van der Waals surface area (Å²) in [6.45, 7) is 0.395. The van der Waals surface area contributed by atoms with Crippen LogP contribution in [0.1, 0.15) is 44.9 Å². The minimum absolute atomic E-state index is 0.0472. The zero-order valence-corrected chi connectivity index (χ0v) is 22.6. The number of carbonyl (C=O) groups excluding carboxylic acids is 3. The summed E-state index contributed by atoms with van der Waals surface area (Å²) in [6.07, 6.45) is 1.91. The molecule has 0 aliphatic carbocycles. The maximum Gasteiger partial charge on any atom is 0.261 e. The van der Waals surface area contributed by atoms with Gasteiger partial charge in [-0.3, -0.25) is 19.3 Å². The third-order valence-electron chi connectivity index (χ3n) is 7.30. The van der Waals surface area contributed by atoms with Gasteiger partial charge >= 0.3 is 0 Å². The lowest BCUT2D eigenvalue weighted by Gasteiger charge is -2.15. The molecule has 6 rings (SSSR count). The third kappa shape index (κ3) is 4.88. The molecular weight excluding hydrogens is 528 g/mol. The normalized spacial score (nSPS) is 12.3. The van der Waals surface area contributed by atoms with E-state index in [4.69, 9.17) is 4.42 Å². The van der Waals surface area contributed by atoms with Gasteiger partial charge in [-0.25, -0.2) is 0 Å². The lowest BCUT2D eigenvalue weighted by atomic mass is 9.98. The highest BCUT2D eigenvalue weighted by molar-refractivity contribution is 6.21. The first-order chi connectivity index (χ1) is 20.6. The van der Waals surface area contributed by atoms with Crippen molar-refractivity contribution >= 4 is 23.5 Å². The van der Waals surface area contributed by atoms with E-state index in [0.29, 0.717) is 33.8 Å². The minimum Gasteiger partial charge on any atom is -0.467 e. The molecule has 0 spiro atoms. The summed E-state index contributed by atoms with van der Waals surface area (Å²) in [6, 6.07) is 32.0. The Morgan fingerprint density at radius 3 is 2.02 bits per heavy atom. The largest absolute Gasteiger partial charge is 0.467 e. The van der Waals surface area contributed by atoms with E-state index in [1.807, 2.05) is 71.3 Å². The molecule has 3 aromatic carbocycles. The van der Waals surface area contributed by atoms with Gasteiger partial charge in [0.25, 0.3) is 11.8 Å². The number of nitrogens with zero attached hydrogens (tertiary/aromatic N) is 3. The second kappa shape index (κ2) is 11.4. The van der Waals surface area contributed by atoms with Gasteiger partial charge in [-0.2, -0.15) is 5.26 Å². The van der Waals surface area contributed by atoms with Crippen molar-refractivity contribution in [2.24, 2.45) is 0 Å². The van der Waals surface area contributed by atoms with Crippen LogP contribution in [0.5, 0.6) is 0 Å². The second-order valence-corrected chi connectivity index (χ2v) is 9.92. The fourth-order valence-corrected chi connectivity index (χ4v) is 5.39. The average molecular weight is 555 g/mol. The van der Waals surface area contributed by atoms with Crippen molar-refractivity contribution in [1.82, 2.24) is 9.47 Å². The quantitative estimate of drug-likeness (QED) is 0.214. The zero-order chi connectivity index (χ0) is 29.1. The molecule has 0 fully saturated rings.